The van der Waals surface area contributed by atoms with Crippen LogP contribution < -0.4 is 10.6 Å². The molecule has 1 aliphatic heterocycles. The lowest BCUT2D eigenvalue weighted by Crippen LogP contribution is -2.36. The van der Waals surface area contributed by atoms with E-state index >= 15 is 0 Å². The van der Waals surface area contributed by atoms with Crippen molar-refractivity contribution in [2.75, 3.05) is 36.9 Å². The Kier molecular flexibility index (Phi) is 3.33. The van der Waals surface area contributed by atoms with E-state index in [9.17, 15) is 0 Å². The van der Waals surface area contributed by atoms with Gasteiger partial charge in [-0.2, -0.15) is 0 Å². The summed E-state index contributed by atoms with van der Waals surface area (Å²) in [7, 11) is 0. The summed E-state index contributed by atoms with van der Waals surface area (Å²) in [4.78, 5) is 6.18. The van der Waals surface area contributed by atoms with Gasteiger partial charge in [-0.15, -0.1) is 0 Å². The number of ether oxygens (including phenoxy) is 1. The lowest BCUT2D eigenvalue weighted by molar-refractivity contribution is 0.123. The summed E-state index contributed by atoms with van der Waals surface area (Å²) in [5.41, 5.74) is 7.48. The highest BCUT2D eigenvalue weighted by atomic mass is 79.9. The zero-order chi connectivity index (χ0) is 10.8. The van der Waals surface area contributed by atoms with Gasteiger partial charge in [0.2, 0.25) is 0 Å². The average Bonchev–Trinajstić information content (AvgIpc) is 2.24. The molecule has 1 saturated heterocycles. The normalized spacial score (nSPS) is 16.8. The Labute approximate surface area is 101 Å². The Morgan fingerprint density at radius 3 is 2.80 bits per heavy atom. The Morgan fingerprint density at radius 1 is 1.47 bits per heavy atom. The number of hydrogen-bond donors (Lipinski definition) is 1. The third kappa shape index (κ3) is 2.35. The largest absolute Gasteiger partial charge is 0.395 e. The van der Waals surface area contributed by atoms with Crippen molar-refractivity contribution in [3.05, 3.63) is 15.8 Å². The van der Waals surface area contributed by atoms with Crippen molar-refractivity contribution in [1.29, 1.82) is 0 Å². The van der Waals surface area contributed by atoms with Gasteiger partial charge < -0.3 is 15.4 Å². The molecule has 0 atom stereocenters. The first-order valence-corrected chi connectivity index (χ1v) is 5.80. The molecule has 0 bridgehead atoms. The van der Waals surface area contributed by atoms with E-state index in [1.54, 1.807) is 6.07 Å². The summed E-state index contributed by atoms with van der Waals surface area (Å²) in [6, 6.07) is 1.78. The van der Waals surface area contributed by atoms with Crippen LogP contribution in [0.4, 0.5) is 11.4 Å². The molecule has 1 aromatic rings. The fourth-order valence-corrected chi connectivity index (χ4v) is 2.23. The Morgan fingerprint density at radius 2 is 2.13 bits per heavy atom. The van der Waals surface area contributed by atoms with Crippen LogP contribution in [0, 0.1) is 0 Å². The molecule has 2 rings (SSSR count). The van der Waals surface area contributed by atoms with Crippen LogP contribution in [0.2, 0.25) is 5.15 Å². The zero-order valence-electron chi connectivity index (χ0n) is 8.04. The number of hydrogen-bond acceptors (Lipinski definition) is 4. The maximum absolute atomic E-state index is 5.93. The van der Waals surface area contributed by atoms with Crippen molar-refractivity contribution in [3.63, 3.8) is 0 Å². The van der Waals surface area contributed by atoms with Gasteiger partial charge in [0.25, 0.3) is 0 Å². The second-order valence-electron chi connectivity index (χ2n) is 3.27. The predicted octanol–water partition coefficient (Wildman–Crippen LogP) is 1.92. The lowest BCUT2D eigenvalue weighted by atomic mass is 10.3. The van der Waals surface area contributed by atoms with Gasteiger partial charge in [0.05, 0.1) is 24.6 Å². The molecule has 0 aromatic carbocycles. The fourth-order valence-electron chi connectivity index (χ4n) is 1.55. The second kappa shape index (κ2) is 4.55. The molecule has 0 radical (unpaired) electrons. The number of rotatable bonds is 1. The average molecular weight is 293 g/mol. The van der Waals surface area contributed by atoms with Gasteiger partial charge >= 0.3 is 0 Å². The molecule has 0 aliphatic carbocycles. The Balaban J connectivity index is 2.33. The molecule has 4 nitrogen and oxygen atoms in total. The molecule has 0 spiro atoms. The third-order valence-electron chi connectivity index (χ3n) is 2.31. The zero-order valence-corrected chi connectivity index (χ0v) is 10.4. The first-order valence-electron chi connectivity index (χ1n) is 4.62. The topological polar surface area (TPSA) is 51.4 Å². The van der Waals surface area contributed by atoms with Crippen LogP contribution in [-0.4, -0.2) is 31.3 Å². The molecular weight excluding hydrogens is 281 g/mol. The number of halogens is 2. The molecular formula is C9H11BrClN3O. The summed E-state index contributed by atoms with van der Waals surface area (Å²) in [6.07, 6.45) is 0. The van der Waals surface area contributed by atoms with E-state index in [0.717, 1.165) is 32.0 Å². The molecule has 1 fully saturated rings. The highest BCUT2D eigenvalue weighted by Crippen LogP contribution is 2.32. The number of pyridine rings is 1. The van der Waals surface area contributed by atoms with Gasteiger partial charge in [-0.1, -0.05) is 11.6 Å². The highest BCUT2D eigenvalue weighted by molar-refractivity contribution is 9.10. The van der Waals surface area contributed by atoms with Crippen LogP contribution in [0.25, 0.3) is 0 Å². The van der Waals surface area contributed by atoms with Gasteiger partial charge in [0, 0.05) is 19.2 Å². The van der Waals surface area contributed by atoms with Crippen molar-refractivity contribution >= 4 is 38.9 Å². The molecule has 2 N–H and O–H groups in total. The van der Waals surface area contributed by atoms with E-state index in [-0.39, 0.29) is 0 Å². The van der Waals surface area contributed by atoms with Gasteiger partial charge in [-0.3, -0.25) is 0 Å². The number of anilines is 2. The second-order valence-corrected chi connectivity index (χ2v) is 4.41. The van der Waals surface area contributed by atoms with Gasteiger partial charge in [0.15, 0.2) is 0 Å². The van der Waals surface area contributed by atoms with E-state index in [2.05, 4.69) is 25.8 Å². The lowest BCUT2D eigenvalue weighted by Gasteiger charge is -2.30. The monoisotopic (exact) mass is 291 g/mol. The summed E-state index contributed by atoms with van der Waals surface area (Å²) in [5, 5.41) is 0.442. The molecule has 1 aliphatic rings. The maximum Gasteiger partial charge on any atom is 0.132 e. The summed E-state index contributed by atoms with van der Waals surface area (Å²) in [6.45, 7) is 3.10. The molecule has 2 heterocycles. The molecule has 82 valence electrons. The first-order chi connectivity index (χ1) is 7.18. The number of aromatic nitrogens is 1. The van der Waals surface area contributed by atoms with E-state index in [4.69, 9.17) is 22.1 Å². The molecule has 0 unspecified atom stereocenters. The Hall–Kier alpha value is -0.520. The van der Waals surface area contributed by atoms with Crippen LogP contribution in [0.5, 0.6) is 0 Å². The summed E-state index contributed by atoms with van der Waals surface area (Å²) in [5.74, 6) is 0. The predicted molar refractivity (Wildman–Crippen MR) is 64.4 cm³/mol. The number of morpholine rings is 1. The van der Waals surface area contributed by atoms with Crippen molar-refractivity contribution in [2.45, 2.75) is 0 Å². The van der Waals surface area contributed by atoms with Crippen LogP contribution in [0.1, 0.15) is 0 Å². The van der Waals surface area contributed by atoms with Crippen LogP contribution in [0.15, 0.2) is 10.7 Å². The first kappa shape index (κ1) is 11.0. The standard InChI is InChI=1S/C9H11BrClN3O/c10-9-8(12)6(5-7(11)13-9)14-1-3-15-4-2-14/h5H,1-4,12H2. The minimum Gasteiger partial charge on any atom is -0.395 e. The molecule has 0 amide bonds. The molecule has 1 aromatic heterocycles. The fraction of sp³-hybridized carbons (Fsp3) is 0.444. The number of nitrogens with zero attached hydrogens (tertiary/aromatic N) is 2. The SMILES string of the molecule is Nc1c(N2CCOCC2)cc(Cl)nc1Br. The van der Waals surface area contributed by atoms with Gasteiger partial charge in [-0.05, 0) is 15.9 Å². The highest BCUT2D eigenvalue weighted by Gasteiger charge is 2.16. The molecule has 6 heteroatoms. The number of nitrogens with two attached hydrogens (primary N) is 1. The number of nitrogen functional groups attached to an aromatic ring is 1. The van der Waals surface area contributed by atoms with E-state index < -0.39 is 0 Å². The van der Waals surface area contributed by atoms with E-state index in [1.165, 1.54) is 0 Å². The maximum atomic E-state index is 5.93. The summed E-state index contributed by atoms with van der Waals surface area (Å²) >= 11 is 9.17. The van der Waals surface area contributed by atoms with Crippen molar-refractivity contribution in [1.82, 2.24) is 4.98 Å². The van der Waals surface area contributed by atoms with E-state index in [1.807, 2.05) is 0 Å². The van der Waals surface area contributed by atoms with Crippen LogP contribution >= 0.6 is 27.5 Å². The van der Waals surface area contributed by atoms with Gasteiger partial charge in [-0.25, -0.2) is 4.98 Å². The smallest absolute Gasteiger partial charge is 0.132 e. The molecule has 0 saturated carbocycles. The minimum atomic E-state index is 0.442. The Bertz CT molecular complexity index is 369. The van der Waals surface area contributed by atoms with E-state index in [0.29, 0.717) is 15.4 Å². The quantitative estimate of drug-likeness (QED) is 0.804. The summed E-state index contributed by atoms with van der Waals surface area (Å²) < 4.78 is 5.87. The van der Waals surface area contributed by atoms with Crippen molar-refractivity contribution in [2.24, 2.45) is 0 Å². The van der Waals surface area contributed by atoms with Crippen LogP contribution in [-0.2, 0) is 4.74 Å². The van der Waals surface area contributed by atoms with Crippen molar-refractivity contribution in [3.8, 4) is 0 Å². The van der Waals surface area contributed by atoms with Crippen LogP contribution in [0.3, 0.4) is 0 Å². The van der Waals surface area contributed by atoms with Crippen molar-refractivity contribution < 1.29 is 4.74 Å². The van der Waals surface area contributed by atoms with Gasteiger partial charge in [0.1, 0.15) is 9.76 Å². The molecule has 15 heavy (non-hydrogen) atoms. The third-order valence-corrected chi connectivity index (χ3v) is 3.11. The minimum absolute atomic E-state index is 0.442.